The third-order valence-corrected chi connectivity index (χ3v) is 3.07. The number of rotatable bonds is 6. The first-order chi connectivity index (χ1) is 8.74. The standard InChI is InChI=1S/C12H17BrN4O/c1-3-4-9(8-18-2)15-11-12-14-5-6-17(12)7-10(13)16-11/h5-7,9H,3-4,8H2,1-2H3,(H,15,16). The minimum absolute atomic E-state index is 0.252. The summed E-state index contributed by atoms with van der Waals surface area (Å²) in [5.74, 6) is 0.782. The van der Waals surface area contributed by atoms with Crippen LogP contribution < -0.4 is 5.32 Å². The van der Waals surface area contributed by atoms with Crippen molar-refractivity contribution in [1.29, 1.82) is 0 Å². The molecule has 0 aliphatic heterocycles. The SMILES string of the molecule is CCCC(COC)Nc1nc(Br)cn2ccnc12. The summed E-state index contributed by atoms with van der Waals surface area (Å²) >= 11 is 3.40. The Kier molecular flexibility index (Phi) is 4.54. The van der Waals surface area contributed by atoms with Gasteiger partial charge in [0.25, 0.3) is 0 Å². The molecule has 2 rings (SSSR count). The highest BCUT2D eigenvalue weighted by atomic mass is 79.9. The molecule has 0 aliphatic rings. The first kappa shape index (κ1) is 13.3. The van der Waals surface area contributed by atoms with Gasteiger partial charge >= 0.3 is 0 Å². The van der Waals surface area contributed by atoms with Crippen molar-refractivity contribution in [3.8, 4) is 0 Å². The van der Waals surface area contributed by atoms with Crippen molar-refractivity contribution in [3.63, 3.8) is 0 Å². The van der Waals surface area contributed by atoms with Gasteiger partial charge in [-0.15, -0.1) is 0 Å². The van der Waals surface area contributed by atoms with Gasteiger partial charge in [0.15, 0.2) is 11.5 Å². The van der Waals surface area contributed by atoms with Gasteiger partial charge in [-0.2, -0.15) is 0 Å². The van der Waals surface area contributed by atoms with Crippen LogP contribution >= 0.6 is 15.9 Å². The van der Waals surface area contributed by atoms with E-state index < -0.39 is 0 Å². The number of anilines is 1. The maximum atomic E-state index is 5.22. The Balaban J connectivity index is 2.26. The summed E-state index contributed by atoms with van der Waals surface area (Å²) in [6.07, 6.45) is 7.69. The van der Waals surface area contributed by atoms with Crippen LogP contribution in [-0.4, -0.2) is 34.1 Å². The summed E-state index contributed by atoms with van der Waals surface area (Å²) in [6.45, 7) is 2.82. The molecule has 0 saturated carbocycles. The second-order valence-electron chi connectivity index (χ2n) is 4.16. The molecule has 0 saturated heterocycles. The van der Waals surface area contributed by atoms with E-state index in [0.717, 1.165) is 28.9 Å². The number of nitrogens with zero attached hydrogens (tertiary/aromatic N) is 3. The van der Waals surface area contributed by atoms with Gasteiger partial charge in [0, 0.05) is 25.7 Å². The molecule has 6 heteroatoms. The van der Waals surface area contributed by atoms with E-state index >= 15 is 0 Å². The molecule has 0 bridgehead atoms. The van der Waals surface area contributed by atoms with E-state index in [-0.39, 0.29) is 6.04 Å². The number of imidazole rings is 1. The van der Waals surface area contributed by atoms with E-state index in [0.29, 0.717) is 6.61 Å². The lowest BCUT2D eigenvalue weighted by Gasteiger charge is -2.18. The van der Waals surface area contributed by atoms with Gasteiger partial charge in [0.2, 0.25) is 0 Å². The zero-order valence-corrected chi connectivity index (χ0v) is 12.1. The smallest absolute Gasteiger partial charge is 0.180 e. The Bertz CT molecular complexity index is 508. The number of hydrogen-bond donors (Lipinski definition) is 1. The van der Waals surface area contributed by atoms with Crippen LogP contribution in [0.5, 0.6) is 0 Å². The molecule has 0 radical (unpaired) electrons. The molecule has 0 fully saturated rings. The fourth-order valence-corrected chi connectivity index (χ4v) is 2.34. The Morgan fingerprint density at radius 3 is 3.11 bits per heavy atom. The molecule has 1 atom stereocenters. The van der Waals surface area contributed by atoms with Crippen molar-refractivity contribution in [2.24, 2.45) is 0 Å². The van der Waals surface area contributed by atoms with Gasteiger partial charge in [-0.3, -0.25) is 0 Å². The first-order valence-corrected chi connectivity index (χ1v) is 6.78. The zero-order valence-electron chi connectivity index (χ0n) is 10.6. The average Bonchev–Trinajstić information content (AvgIpc) is 2.77. The Morgan fingerprint density at radius 2 is 2.39 bits per heavy atom. The van der Waals surface area contributed by atoms with Crippen LogP contribution in [-0.2, 0) is 4.74 Å². The van der Waals surface area contributed by atoms with E-state index in [9.17, 15) is 0 Å². The number of fused-ring (bicyclic) bond motifs is 1. The molecular formula is C12H17BrN4O. The van der Waals surface area contributed by atoms with E-state index in [1.165, 1.54) is 0 Å². The molecule has 1 unspecified atom stereocenters. The zero-order chi connectivity index (χ0) is 13.0. The molecule has 98 valence electrons. The summed E-state index contributed by atoms with van der Waals surface area (Å²) in [5.41, 5.74) is 0.829. The normalized spacial score (nSPS) is 12.8. The lowest BCUT2D eigenvalue weighted by molar-refractivity contribution is 0.182. The second-order valence-corrected chi connectivity index (χ2v) is 4.97. The topological polar surface area (TPSA) is 51.5 Å². The van der Waals surface area contributed by atoms with Gasteiger partial charge in [0.1, 0.15) is 4.60 Å². The van der Waals surface area contributed by atoms with Crippen LogP contribution in [0.1, 0.15) is 19.8 Å². The highest BCUT2D eigenvalue weighted by Gasteiger charge is 2.12. The van der Waals surface area contributed by atoms with Crippen LogP contribution in [0.2, 0.25) is 0 Å². The highest BCUT2D eigenvalue weighted by Crippen LogP contribution is 2.18. The number of nitrogens with one attached hydrogen (secondary N) is 1. The summed E-state index contributed by atoms with van der Waals surface area (Å²) in [5, 5.41) is 3.40. The number of aromatic nitrogens is 3. The van der Waals surface area contributed by atoms with Crippen molar-refractivity contribution >= 4 is 27.4 Å². The minimum Gasteiger partial charge on any atom is -0.383 e. The Hall–Kier alpha value is -1.14. The largest absolute Gasteiger partial charge is 0.383 e. The molecule has 0 aromatic carbocycles. The summed E-state index contributed by atoms with van der Waals surface area (Å²) in [4.78, 5) is 8.75. The quantitative estimate of drug-likeness (QED) is 0.891. The summed E-state index contributed by atoms with van der Waals surface area (Å²) in [7, 11) is 1.71. The summed E-state index contributed by atoms with van der Waals surface area (Å²) < 4.78 is 7.94. The van der Waals surface area contributed by atoms with Crippen LogP contribution in [0, 0.1) is 0 Å². The van der Waals surface area contributed by atoms with Gasteiger partial charge in [-0.25, -0.2) is 9.97 Å². The van der Waals surface area contributed by atoms with E-state index in [1.807, 2.05) is 16.8 Å². The van der Waals surface area contributed by atoms with Crippen LogP contribution in [0.4, 0.5) is 5.82 Å². The van der Waals surface area contributed by atoms with Crippen LogP contribution in [0.25, 0.3) is 5.65 Å². The van der Waals surface area contributed by atoms with Crippen molar-refractivity contribution in [2.45, 2.75) is 25.8 Å². The fraction of sp³-hybridized carbons (Fsp3) is 0.500. The van der Waals surface area contributed by atoms with Gasteiger partial charge in [-0.05, 0) is 22.4 Å². The lowest BCUT2D eigenvalue weighted by Crippen LogP contribution is -2.25. The maximum absolute atomic E-state index is 5.22. The molecular weight excluding hydrogens is 296 g/mol. The van der Waals surface area contributed by atoms with E-state index in [4.69, 9.17) is 4.74 Å². The van der Waals surface area contributed by atoms with Crippen LogP contribution in [0.15, 0.2) is 23.2 Å². The molecule has 0 aliphatic carbocycles. The van der Waals surface area contributed by atoms with E-state index in [2.05, 4.69) is 38.1 Å². The molecule has 0 amide bonds. The Labute approximate surface area is 115 Å². The molecule has 2 heterocycles. The fourth-order valence-electron chi connectivity index (χ4n) is 1.94. The van der Waals surface area contributed by atoms with Crippen molar-refractivity contribution in [2.75, 3.05) is 19.0 Å². The number of methoxy groups -OCH3 is 1. The van der Waals surface area contributed by atoms with Crippen molar-refractivity contribution < 1.29 is 4.74 Å². The summed E-state index contributed by atoms with van der Waals surface area (Å²) in [6, 6.07) is 0.252. The predicted molar refractivity (Wildman–Crippen MR) is 74.9 cm³/mol. The monoisotopic (exact) mass is 312 g/mol. The van der Waals surface area contributed by atoms with Gasteiger partial charge in [-0.1, -0.05) is 13.3 Å². The maximum Gasteiger partial charge on any atom is 0.180 e. The third-order valence-electron chi connectivity index (χ3n) is 2.69. The highest BCUT2D eigenvalue weighted by molar-refractivity contribution is 9.10. The van der Waals surface area contributed by atoms with E-state index in [1.54, 1.807) is 13.3 Å². The predicted octanol–water partition coefficient (Wildman–Crippen LogP) is 2.72. The van der Waals surface area contributed by atoms with Gasteiger partial charge in [0.05, 0.1) is 12.6 Å². The van der Waals surface area contributed by atoms with Crippen molar-refractivity contribution in [1.82, 2.24) is 14.4 Å². The number of halogens is 1. The molecule has 2 aromatic rings. The number of ether oxygens (including phenoxy) is 1. The molecule has 5 nitrogen and oxygen atoms in total. The lowest BCUT2D eigenvalue weighted by atomic mass is 10.2. The van der Waals surface area contributed by atoms with Gasteiger partial charge < -0.3 is 14.5 Å². The molecule has 18 heavy (non-hydrogen) atoms. The minimum atomic E-state index is 0.252. The van der Waals surface area contributed by atoms with Crippen LogP contribution in [0.3, 0.4) is 0 Å². The molecule has 1 N–H and O–H groups in total. The number of hydrogen-bond acceptors (Lipinski definition) is 4. The molecule has 0 spiro atoms. The molecule has 2 aromatic heterocycles. The first-order valence-electron chi connectivity index (χ1n) is 5.99. The third kappa shape index (κ3) is 3.00. The average molecular weight is 313 g/mol. The van der Waals surface area contributed by atoms with Crippen molar-refractivity contribution in [3.05, 3.63) is 23.2 Å². The second kappa shape index (κ2) is 6.15. The Morgan fingerprint density at radius 1 is 1.56 bits per heavy atom.